The molecule has 2 aromatic rings. The topological polar surface area (TPSA) is 63.5 Å². The van der Waals surface area contributed by atoms with Crippen molar-refractivity contribution in [2.75, 3.05) is 20.1 Å². The number of aryl methyl sites for hydroxylation is 1. The third-order valence-electron chi connectivity index (χ3n) is 5.26. The van der Waals surface area contributed by atoms with Crippen LogP contribution in [0.3, 0.4) is 0 Å². The normalized spacial score (nSPS) is 15.7. The highest BCUT2D eigenvalue weighted by Crippen LogP contribution is 2.15. The first kappa shape index (κ1) is 20.8. The van der Waals surface area contributed by atoms with Crippen molar-refractivity contribution < 1.29 is 4.39 Å². The number of nitrogens with one attached hydrogen (secondary N) is 2. The van der Waals surface area contributed by atoms with Crippen LogP contribution in [-0.2, 0) is 13.1 Å². The molecule has 3 rings (SSSR count). The molecule has 0 saturated carbocycles. The fraction of sp³-hybridized carbons (Fsp3) is 0.391. The van der Waals surface area contributed by atoms with Gasteiger partial charge in [-0.15, -0.1) is 0 Å². The number of likely N-dealkylation sites (tertiary alicyclic amines) is 1. The summed E-state index contributed by atoms with van der Waals surface area (Å²) in [5.41, 5.74) is 3.56. The first-order valence-electron chi connectivity index (χ1n) is 10.0. The Hall–Kier alpha value is -2.91. The second-order valence-corrected chi connectivity index (χ2v) is 7.53. The molecule has 0 radical (unpaired) electrons. The second-order valence-electron chi connectivity index (χ2n) is 7.53. The van der Waals surface area contributed by atoms with Crippen LogP contribution in [0.4, 0.5) is 4.39 Å². The fourth-order valence-corrected chi connectivity index (χ4v) is 3.65. The van der Waals surface area contributed by atoms with Gasteiger partial charge in [0.2, 0.25) is 0 Å². The van der Waals surface area contributed by atoms with Gasteiger partial charge in [-0.05, 0) is 43.5 Å². The number of rotatable bonds is 5. The van der Waals surface area contributed by atoms with Crippen LogP contribution in [0.25, 0.3) is 0 Å². The van der Waals surface area contributed by atoms with Crippen molar-refractivity contribution in [3.63, 3.8) is 0 Å². The molecule has 0 atom stereocenters. The van der Waals surface area contributed by atoms with Gasteiger partial charge in [-0.2, -0.15) is 5.26 Å². The van der Waals surface area contributed by atoms with E-state index in [0.29, 0.717) is 23.1 Å². The lowest BCUT2D eigenvalue weighted by atomic mass is 10.0. The summed E-state index contributed by atoms with van der Waals surface area (Å²) in [7, 11) is 1.71. The standard InChI is InChI=1S/C23H28FN5/c1-17-4-3-5-19(12-17)16-29-10-8-21(9-11-29)28-23(26-2)27-15-20-13-18(14-25)6-7-22(20)24/h3-7,12-13,21H,8-11,15-16H2,1-2H3,(H2,26,27,28). The Morgan fingerprint density at radius 2 is 2.03 bits per heavy atom. The molecule has 0 aromatic heterocycles. The second kappa shape index (κ2) is 10.0. The van der Waals surface area contributed by atoms with Crippen molar-refractivity contribution in [2.45, 2.75) is 38.9 Å². The zero-order valence-corrected chi connectivity index (χ0v) is 17.1. The Morgan fingerprint density at radius 3 is 2.72 bits per heavy atom. The molecule has 0 bridgehead atoms. The van der Waals surface area contributed by atoms with Gasteiger partial charge in [0.1, 0.15) is 5.82 Å². The fourth-order valence-electron chi connectivity index (χ4n) is 3.65. The van der Waals surface area contributed by atoms with Crippen LogP contribution in [0.15, 0.2) is 47.5 Å². The summed E-state index contributed by atoms with van der Waals surface area (Å²) in [5.74, 6) is 0.334. The van der Waals surface area contributed by atoms with Crippen LogP contribution < -0.4 is 10.6 Å². The molecular weight excluding hydrogens is 365 g/mol. The average molecular weight is 394 g/mol. The van der Waals surface area contributed by atoms with Crippen molar-refractivity contribution in [2.24, 2.45) is 4.99 Å². The quantitative estimate of drug-likeness (QED) is 0.604. The van der Waals surface area contributed by atoms with E-state index in [1.165, 1.54) is 23.3 Å². The third-order valence-corrected chi connectivity index (χ3v) is 5.26. The predicted molar refractivity (Wildman–Crippen MR) is 114 cm³/mol. The number of guanidine groups is 1. The SMILES string of the molecule is CN=C(NCc1cc(C#N)ccc1F)NC1CCN(Cc2cccc(C)c2)CC1. The smallest absolute Gasteiger partial charge is 0.191 e. The van der Waals surface area contributed by atoms with E-state index >= 15 is 0 Å². The first-order chi connectivity index (χ1) is 14.1. The van der Waals surface area contributed by atoms with Crippen LogP contribution in [0.5, 0.6) is 0 Å². The molecule has 1 fully saturated rings. The largest absolute Gasteiger partial charge is 0.354 e. The van der Waals surface area contributed by atoms with Crippen molar-refractivity contribution in [1.82, 2.24) is 15.5 Å². The van der Waals surface area contributed by atoms with E-state index in [9.17, 15) is 4.39 Å². The lowest BCUT2D eigenvalue weighted by Gasteiger charge is -2.33. The number of hydrogen-bond acceptors (Lipinski definition) is 3. The van der Waals surface area contributed by atoms with Gasteiger partial charge in [-0.1, -0.05) is 29.8 Å². The van der Waals surface area contributed by atoms with Gasteiger partial charge in [0.25, 0.3) is 0 Å². The number of aliphatic imine (C=N–C) groups is 1. The van der Waals surface area contributed by atoms with Gasteiger partial charge >= 0.3 is 0 Å². The summed E-state index contributed by atoms with van der Waals surface area (Å²) in [6, 6.07) is 15.4. The van der Waals surface area contributed by atoms with E-state index in [1.54, 1.807) is 13.1 Å². The summed E-state index contributed by atoms with van der Waals surface area (Å²) in [6.07, 6.45) is 2.07. The first-order valence-corrected chi connectivity index (χ1v) is 10.0. The monoisotopic (exact) mass is 393 g/mol. The summed E-state index contributed by atoms with van der Waals surface area (Å²) < 4.78 is 14.0. The van der Waals surface area contributed by atoms with Gasteiger partial charge in [0, 0.05) is 44.8 Å². The van der Waals surface area contributed by atoms with Gasteiger partial charge in [0.05, 0.1) is 11.6 Å². The Kier molecular flexibility index (Phi) is 7.20. The van der Waals surface area contributed by atoms with E-state index < -0.39 is 0 Å². The van der Waals surface area contributed by atoms with Crippen molar-refractivity contribution in [3.05, 3.63) is 70.5 Å². The predicted octanol–water partition coefficient (Wildman–Crippen LogP) is 3.34. The van der Waals surface area contributed by atoms with E-state index in [4.69, 9.17) is 5.26 Å². The molecule has 29 heavy (non-hydrogen) atoms. The molecule has 0 unspecified atom stereocenters. The van der Waals surface area contributed by atoms with E-state index in [2.05, 4.69) is 51.7 Å². The van der Waals surface area contributed by atoms with Crippen molar-refractivity contribution in [1.29, 1.82) is 5.26 Å². The lowest BCUT2D eigenvalue weighted by molar-refractivity contribution is 0.198. The highest BCUT2D eigenvalue weighted by molar-refractivity contribution is 5.80. The average Bonchev–Trinajstić information content (AvgIpc) is 2.73. The Balaban J connectivity index is 1.47. The molecule has 0 amide bonds. The molecule has 0 spiro atoms. The maximum absolute atomic E-state index is 14.0. The van der Waals surface area contributed by atoms with Crippen LogP contribution in [0.1, 0.15) is 35.1 Å². The molecule has 6 heteroatoms. The molecule has 5 nitrogen and oxygen atoms in total. The number of halogens is 1. The van der Waals surface area contributed by atoms with Crippen molar-refractivity contribution >= 4 is 5.96 Å². The molecule has 1 aliphatic rings. The number of hydrogen-bond donors (Lipinski definition) is 2. The summed E-state index contributed by atoms with van der Waals surface area (Å²) >= 11 is 0. The minimum Gasteiger partial charge on any atom is -0.354 e. The van der Waals surface area contributed by atoms with Crippen LogP contribution in [0.2, 0.25) is 0 Å². The Morgan fingerprint density at radius 1 is 1.24 bits per heavy atom. The Bertz CT molecular complexity index is 894. The molecule has 2 N–H and O–H groups in total. The highest BCUT2D eigenvalue weighted by Gasteiger charge is 2.20. The number of nitrogens with zero attached hydrogens (tertiary/aromatic N) is 3. The van der Waals surface area contributed by atoms with E-state index in [0.717, 1.165) is 32.5 Å². The number of nitriles is 1. The number of piperidine rings is 1. The minimum atomic E-state index is -0.323. The molecule has 1 heterocycles. The molecular formula is C23H28FN5. The highest BCUT2D eigenvalue weighted by atomic mass is 19.1. The maximum Gasteiger partial charge on any atom is 0.191 e. The summed E-state index contributed by atoms with van der Waals surface area (Å²) in [4.78, 5) is 6.74. The molecule has 1 saturated heterocycles. The van der Waals surface area contributed by atoms with Crippen molar-refractivity contribution in [3.8, 4) is 6.07 Å². The van der Waals surface area contributed by atoms with Crippen LogP contribution >= 0.6 is 0 Å². The minimum absolute atomic E-state index is 0.285. The van der Waals surface area contributed by atoms with E-state index in [-0.39, 0.29) is 12.4 Å². The van der Waals surface area contributed by atoms with Crippen LogP contribution in [-0.4, -0.2) is 37.0 Å². The molecule has 152 valence electrons. The van der Waals surface area contributed by atoms with Gasteiger partial charge < -0.3 is 10.6 Å². The zero-order valence-electron chi connectivity index (χ0n) is 17.1. The van der Waals surface area contributed by atoms with Gasteiger partial charge in [-0.3, -0.25) is 9.89 Å². The zero-order chi connectivity index (χ0) is 20.6. The molecule has 0 aliphatic carbocycles. The van der Waals surface area contributed by atoms with Crippen LogP contribution in [0, 0.1) is 24.1 Å². The summed E-state index contributed by atoms with van der Waals surface area (Å²) in [5, 5.41) is 15.6. The Labute approximate surface area is 172 Å². The molecule has 2 aromatic carbocycles. The lowest BCUT2D eigenvalue weighted by Crippen LogP contribution is -2.48. The van der Waals surface area contributed by atoms with Gasteiger partial charge in [0.15, 0.2) is 5.96 Å². The molecule has 1 aliphatic heterocycles. The van der Waals surface area contributed by atoms with Gasteiger partial charge in [-0.25, -0.2) is 4.39 Å². The third kappa shape index (κ3) is 6.03. The maximum atomic E-state index is 14.0. The number of benzene rings is 2. The van der Waals surface area contributed by atoms with E-state index in [1.807, 2.05) is 6.07 Å². The summed E-state index contributed by atoms with van der Waals surface area (Å²) in [6.45, 7) is 5.45.